The highest BCUT2D eigenvalue weighted by Crippen LogP contribution is 2.20. The summed E-state index contributed by atoms with van der Waals surface area (Å²) in [5, 5.41) is 8.44. The second-order valence-corrected chi connectivity index (χ2v) is 6.09. The van der Waals surface area contributed by atoms with Gasteiger partial charge < -0.3 is 20.7 Å². The fourth-order valence-electron chi connectivity index (χ4n) is 2.46. The Morgan fingerprint density at radius 2 is 1.57 bits per heavy atom. The Hall–Kier alpha value is -3.68. The summed E-state index contributed by atoms with van der Waals surface area (Å²) >= 11 is 0. The molecule has 1 aromatic heterocycles. The Morgan fingerprint density at radius 1 is 0.929 bits per heavy atom. The number of benzene rings is 2. The van der Waals surface area contributed by atoms with Gasteiger partial charge in [0.1, 0.15) is 17.5 Å². The summed E-state index contributed by atoms with van der Waals surface area (Å²) in [6.07, 6.45) is 0. The van der Waals surface area contributed by atoms with Gasteiger partial charge in [0, 0.05) is 23.1 Å². The number of nitrogens with zero attached hydrogens (tertiary/aromatic N) is 2. The van der Waals surface area contributed by atoms with Crippen LogP contribution < -0.4 is 20.7 Å². The minimum Gasteiger partial charge on any atom is -0.481 e. The van der Waals surface area contributed by atoms with Crippen molar-refractivity contribution in [2.24, 2.45) is 0 Å². The lowest BCUT2D eigenvalue weighted by Crippen LogP contribution is -2.19. The predicted octanol–water partition coefficient (Wildman–Crippen LogP) is 4.63. The van der Waals surface area contributed by atoms with Crippen LogP contribution in [-0.4, -0.2) is 23.1 Å². The maximum Gasteiger partial charge on any atom is 0.323 e. The van der Waals surface area contributed by atoms with Crippen molar-refractivity contribution >= 4 is 28.9 Å². The standard InChI is InChI=1S/C20H20FN5O2/c1-12-4-5-16(10-17(12)21)26-20(27)25-15-8-6-14(7-9-15)24-18-11-19(28-3)23-13(2)22-18/h4-11H,1-3H3,(H,22,23,24)(H2,25,26,27). The van der Waals surface area contributed by atoms with Crippen molar-refractivity contribution in [3.8, 4) is 5.88 Å². The second-order valence-electron chi connectivity index (χ2n) is 6.09. The first-order valence-corrected chi connectivity index (χ1v) is 8.54. The maximum atomic E-state index is 13.6. The minimum atomic E-state index is -0.458. The molecule has 3 N–H and O–H groups in total. The third-order valence-electron chi connectivity index (χ3n) is 3.87. The molecular formula is C20H20FN5O2. The maximum absolute atomic E-state index is 13.6. The number of halogens is 1. The predicted molar refractivity (Wildman–Crippen MR) is 107 cm³/mol. The molecule has 0 aliphatic rings. The Balaban J connectivity index is 1.61. The van der Waals surface area contributed by atoms with Crippen molar-refractivity contribution in [1.29, 1.82) is 0 Å². The average molecular weight is 381 g/mol. The molecule has 2 aromatic carbocycles. The van der Waals surface area contributed by atoms with E-state index >= 15 is 0 Å². The number of aromatic nitrogens is 2. The lowest BCUT2D eigenvalue weighted by Gasteiger charge is -2.10. The first kappa shape index (κ1) is 19.1. The van der Waals surface area contributed by atoms with Gasteiger partial charge in [-0.25, -0.2) is 14.2 Å². The van der Waals surface area contributed by atoms with Gasteiger partial charge in [-0.15, -0.1) is 0 Å². The number of nitrogens with one attached hydrogen (secondary N) is 3. The van der Waals surface area contributed by atoms with E-state index in [1.54, 1.807) is 63.4 Å². The van der Waals surface area contributed by atoms with Crippen molar-refractivity contribution < 1.29 is 13.9 Å². The fourth-order valence-corrected chi connectivity index (χ4v) is 2.46. The zero-order chi connectivity index (χ0) is 20.1. The van der Waals surface area contributed by atoms with Crippen LogP contribution >= 0.6 is 0 Å². The molecule has 1 heterocycles. The van der Waals surface area contributed by atoms with Crippen LogP contribution in [0.2, 0.25) is 0 Å². The molecule has 2 amide bonds. The van der Waals surface area contributed by atoms with E-state index in [1.807, 2.05) is 0 Å². The molecule has 0 fully saturated rings. The largest absolute Gasteiger partial charge is 0.481 e. The summed E-state index contributed by atoms with van der Waals surface area (Å²) in [4.78, 5) is 20.5. The molecular weight excluding hydrogens is 361 g/mol. The van der Waals surface area contributed by atoms with E-state index in [9.17, 15) is 9.18 Å². The van der Waals surface area contributed by atoms with Crippen molar-refractivity contribution in [3.05, 3.63) is 65.7 Å². The van der Waals surface area contributed by atoms with Crippen LogP contribution in [0.25, 0.3) is 0 Å². The van der Waals surface area contributed by atoms with Gasteiger partial charge in [0.05, 0.1) is 7.11 Å². The number of methoxy groups -OCH3 is 1. The van der Waals surface area contributed by atoms with E-state index in [2.05, 4.69) is 25.9 Å². The Morgan fingerprint density at radius 3 is 2.25 bits per heavy atom. The van der Waals surface area contributed by atoms with Gasteiger partial charge in [-0.2, -0.15) is 4.98 Å². The van der Waals surface area contributed by atoms with Crippen molar-refractivity contribution in [2.75, 3.05) is 23.1 Å². The van der Waals surface area contributed by atoms with E-state index < -0.39 is 6.03 Å². The number of rotatable bonds is 5. The molecule has 0 unspecified atom stereocenters. The highest BCUT2D eigenvalue weighted by molar-refractivity contribution is 5.99. The molecule has 0 aliphatic carbocycles. The van der Waals surface area contributed by atoms with Crippen LogP contribution in [0.3, 0.4) is 0 Å². The Kier molecular flexibility index (Phi) is 5.69. The van der Waals surface area contributed by atoms with Crippen molar-refractivity contribution in [1.82, 2.24) is 9.97 Å². The fraction of sp³-hybridized carbons (Fsp3) is 0.150. The van der Waals surface area contributed by atoms with Crippen LogP contribution in [0.5, 0.6) is 5.88 Å². The highest BCUT2D eigenvalue weighted by Gasteiger charge is 2.06. The normalized spacial score (nSPS) is 10.3. The van der Waals surface area contributed by atoms with Gasteiger partial charge in [-0.3, -0.25) is 0 Å². The van der Waals surface area contributed by atoms with E-state index in [0.29, 0.717) is 34.5 Å². The average Bonchev–Trinajstić information content (AvgIpc) is 2.66. The number of carbonyl (C=O) groups is 1. The molecule has 0 bridgehead atoms. The Labute approximate surface area is 162 Å². The quantitative estimate of drug-likeness (QED) is 0.600. The van der Waals surface area contributed by atoms with E-state index in [-0.39, 0.29) is 5.82 Å². The summed E-state index contributed by atoms with van der Waals surface area (Å²) in [7, 11) is 1.54. The zero-order valence-corrected chi connectivity index (χ0v) is 15.7. The summed E-state index contributed by atoms with van der Waals surface area (Å²) in [6, 6.07) is 12.8. The minimum absolute atomic E-state index is 0.371. The molecule has 7 nitrogen and oxygen atoms in total. The highest BCUT2D eigenvalue weighted by atomic mass is 19.1. The number of hydrogen-bond acceptors (Lipinski definition) is 5. The van der Waals surface area contributed by atoms with Crippen LogP contribution in [0.4, 0.5) is 32.1 Å². The SMILES string of the molecule is COc1cc(Nc2ccc(NC(=O)Nc3ccc(C)c(F)c3)cc2)nc(C)n1. The smallest absolute Gasteiger partial charge is 0.323 e. The monoisotopic (exact) mass is 381 g/mol. The molecule has 3 aromatic rings. The molecule has 0 spiro atoms. The summed E-state index contributed by atoms with van der Waals surface area (Å²) < 4.78 is 18.7. The molecule has 8 heteroatoms. The Bertz CT molecular complexity index is 992. The van der Waals surface area contributed by atoms with Crippen LogP contribution in [0, 0.1) is 19.7 Å². The molecule has 144 valence electrons. The van der Waals surface area contributed by atoms with Crippen LogP contribution in [0.15, 0.2) is 48.5 Å². The van der Waals surface area contributed by atoms with Gasteiger partial charge >= 0.3 is 6.03 Å². The molecule has 0 saturated heterocycles. The molecule has 0 atom stereocenters. The molecule has 28 heavy (non-hydrogen) atoms. The number of hydrogen-bond donors (Lipinski definition) is 3. The van der Waals surface area contributed by atoms with Crippen molar-refractivity contribution in [2.45, 2.75) is 13.8 Å². The second kappa shape index (κ2) is 8.34. The molecule has 0 aliphatic heterocycles. The summed E-state index contributed by atoms with van der Waals surface area (Å²) in [5.74, 6) is 1.29. The van der Waals surface area contributed by atoms with Crippen LogP contribution in [-0.2, 0) is 0 Å². The molecule has 3 rings (SSSR count). The van der Waals surface area contributed by atoms with E-state index in [4.69, 9.17) is 4.74 Å². The first-order chi connectivity index (χ1) is 13.4. The number of amides is 2. The summed E-state index contributed by atoms with van der Waals surface area (Å²) in [5.41, 5.74) is 2.27. The zero-order valence-electron chi connectivity index (χ0n) is 15.7. The third-order valence-corrected chi connectivity index (χ3v) is 3.87. The molecule has 0 radical (unpaired) electrons. The summed E-state index contributed by atoms with van der Waals surface area (Å²) in [6.45, 7) is 3.44. The van der Waals surface area contributed by atoms with Gasteiger partial charge in [-0.05, 0) is 55.8 Å². The lowest BCUT2D eigenvalue weighted by atomic mass is 10.2. The lowest BCUT2D eigenvalue weighted by molar-refractivity contribution is 0.262. The van der Waals surface area contributed by atoms with E-state index in [0.717, 1.165) is 5.69 Å². The molecule has 0 saturated carbocycles. The number of carbonyl (C=O) groups excluding carboxylic acids is 1. The van der Waals surface area contributed by atoms with Gasteiger partial charge in [0.25, 0.3) is 0 Å². The van der Waals surface area contributed by atoms with Crippen LogP contribution in [0.1, 0.15) is 11.4 Å². The number of aryl methyl sites for hydroxylation is 2. The van der Waals surface area contributed by atoms with Gasteiger partial charge in [0.15, 0.2) is 0 Å². The third kappa shape index (κ3) is 4.94. The first-order valence-electron chi connectivity index (χ1n) is 8.54. The number of urea groups is 1. The number of anilines is 4. The van der Waals surface area contributed by atoms with Gasteiger partial charge in [-0.1, -0.05) is 6.07 Å². The number of ether oxygens (including phenoxy) is 1. The van der Waals surface area contributed by atoms with E-state index in [1.165, 1.54) is 6.07 Å². The van der Waals surface area contributed by atoms with Crippen molar-refractivity contribution in [3.63, 3.8) is 0 Å². The van der Waals surface area contributed by atoms with Gasteiger partial charge in [0.2, 0.25) is 5.88 Å². The topological polar surface area (TPSA) is 88.2 Å².